The molecule has 1 aliphatic carbocycles. The summed E-state index contributed by atoms with van der Waals surface area (Å²) in [7, 11) is 0. The second-order valence-corrected chi connectivity index (χ2v) is 7.46. The summed E-state index contributed by atoms with van der Waals surface area (Å²) in [5.41, 5.74) is 0.625. The first-order chi connectivity index (χ1) is 11.0. The van der Waals surface area contributed by atoms with Gasteiger partial charge in [0.1, 0.15) is 5.58 Å². The van der Waals surface area contributed by atoms with Crippen LogP contribution in [0.1, 0.15) is 29.8 Å². The highest BCUT2D eigenvalue weighted by atomic mass is 79.9. The van der Waals surface area contributed by atoms with Crippen LogP contribution in [-0.4, -0.2) is 35.0 Å². The molecule has 2 aliphatic rings. The van der Waals surface area contributed by atoms with E-state index in [4.69, 9.17) is 9.52 Å². The van der Waals surface area contributed by atoms with Crippen LogP contribution in [0.4, 0.5) is 0 Å². The fourth-order valence-corrected chi connectivity index (χ4v) is 4.06. The number of rotatable bonds is 2. The Morgan fingerprint density at radius 2 is 2.00 bits per heavy atom. The van der Waals surface area contributed by atoms with Gasteiger partial charge in [0.15, 0.2) is 5.76 Å². The second kappa shape index (κ2) is 5.09. The third-order valence-electron chi connectivity index (χ3n) is 5.22. The normalized spacial score (nSPS) is 22.5. The van der Waals surface area contributed by atoms with Crippen molar-refractivity contribution in [2.24, 2.45) is 11.3 Å². The number of carboxylic acid groups (broad SMARTS) is 1. The van der Waals surface area contributed by atoms with Gasteiger partial charge in [-0.3, -0.25) is 9.59 Å². The molecule has 1 N–H and O–H groups in total. The Morgan fingerprint density at radius 1 is 1.26 bits per heavy atom. The summed E-state index contributed by atoms with van der Waals surface area (Å²) in [5.74, 6) is -0.685. The van der Waals surface area contributed by atoms with E-state index in [-0.39, 0.29) is 17.2 Å². The van der Waals surface area contributed by atoms with E-state index in [1.54, 1.807) is 11.0 Å². The van der Waals surface area contributed by atoms with Crippen molar-refractivity contribution < 1.29 is 19.1 Å². The summed E-state index contributed by atoms with van der Waals surface area (Å²) < 4.78 is 6.60. The quantitative estimate of drug-likeness (QED) is 0.868. The number of likely N-dealkylation sites (tertiary alicyclic amines) is 1. The smallest absolute Gasteiger partial charge is 0.307 e. The van der Waals surface area contributed by atoms with Gasteiger partial charge in [0, 0.05) is 22.9 Å². The molecule has 1 unspecified atom stereocenters. The topological polar surface area (TPSA) is 70.8 Å². The molecule has 1 saturated heterocycles. The first kappa shape index (κ1) is 14.8. The molecule has 2 fully saturated rings. The van der Waals surface area contributed by atoms with Crippen LogP contribution in [0, 0.1) is 11.3 Å². The number of aliphatic carboxylic acids is 1. The van der Waals surface area contributed by atoms with Crippen molar-refractivity contribution in [1.82, 2.24) is 4.90 Å². The Labute approximate surface area is 141 Å². The van der Waals surface area contributed by atoms with Crippen molar-refractivity contribution in [3.8, 4) is 0 Å². The van der Waals surface area contributed by atoms with Crippen molar-refractivity contribution >= 4 is 38.8 Å². The van der Waals surface area contributed by atoms with E-state index in [9.17, 15) is 9.59 Å². The van der Waals surface area contributed by atoms with E-state index < -0.39 is 5.97 Å². The van der Waals surface area contributed by atoms with Gasteiger partial charge in [0.25, 0.3) is 5.91 Å². The first-order valence-electron chi connectivity index (χ1n) is 7.70. The third kappa shape index (κ3) is 2.45. The van der Waals surface area contributed by atoms with Crippen molar-refractivity contribution in [2.75, 3.05) is 13.1 Å². The fraction of sp³-hybridized carbons (Fsp3) is 0.412. The molecule has 5 nitrogen and oxygen atoms in total. The van der Waals surface area contributed by atoms with Crippen molar-refractivity contribution in [3.63, 3.8) is 0 Å². The van der Waals surface area contributed by atoms with E-state index in [0.29, 0.717) is 24.4 Å². The van der Waals surface area contributed by atoms with E-state index >= 15 is 0 Å². The van der Waals surface area contributed by atoms with Gasteiger partial charge in [-0.1, -0.05) is 15.9 Å². The zero-order valence-electron chi connectivity index (χ0n) is 12.4. The molecule has 2 aromatic rings. The highest BCUT2D eigenvalue weighted by Crippen LogP contribution is 2.59. The maximum Gasteiger partial charge on any atom is 0.307 e. The minimum atomic E-state index is -0.701. The largest absolute Gasteiger partial charge is 0.481 e. The number of furan rings is 1. The van der Waals surface area contributed by atoms with E-state index in [2.05, 4.69) is 15.9 Å². The van der Waals surface area contributed by atoms with Crippen LogP contribution < -0.4 is 0 Å². The predicted octanol–water partition coefficient (Wildman–Crippen LogP) is 3.52. The Morgan fingerprint density at radius 3 is 2.65 bits per heavy atom. The van der Waals surface area contributed by atoms with Crippen LogP contribution in [0.25, 0.3) is 11.0 Å². The predicted molar refractivity (Wildman–Crippen MR) is 87.2 cm³/mol. The summed E-state index contributed by atoms with van der Waals surface area (Å²) in [6.45, 7) is 1.20. The van der Waals surface area contributed by atoms with Crippen LogP contribution in [0.3, 0.4) is 0 Å². The summed E-state index contributed by atoms with van der Waals surface area (Å²) in [6.07, 6.45) is 2.28. The summed E-state index contributed by atoms with van der Waals surface area (Å²) in [4.78, 5) is 25.5. The van der Waals surface area contributed by atoms with Gasteiger partial charge in [-0.15, -0.1) is 0 Å². The SMILES string of the molecule is O=C(O)C1CC12CCN(C(=O)c1cc3cc(Br)ccc3o1)CC2. The number of benzene rings is 1. The Balaban J connectivity index is 1.48. The van der Waals surface area contributed by atoms with Crippen LogP contribution in [0.15, 0.2) is 33.2 Å². The van der Waals surface area contributed by atoms with E-state index in [0.717, 1.165) is 29.1 Å². The van der Waals surface area contributed by atoms with Crippen molar-refractivity contribution in [2.45, 2.75) is 19.3 Å². The Bertz CT molecular complexity index is 804. The molecule has 23 heavy (non-hydrogen) atoms. The molecule has 4 rings (SSSR count). The lowest BCUT2D eigenvalue weighted by molar-refractivity contribution is -0.139. The molecule has 1 saturated carbocycles. The molecule has 2 heterocycles. The third-order valence-corrected chi connectivity index (χ3v) is 5.72. The first-order valence-corrected chi connectivity index (χ1v) is 8.49. The standard InChI is InChI=1S/C17H16BrNO4/c18-11-1-2-13-10(7-11)8-14(23-13)15(20)19-5-3-17(4-6-19)9-12(17)16(21)22/h1-2,7-8,12H,3-6,9H2,(H,21,22). The highest BCUT2D eigenvalue weighted by molar-refractivity contribution is 9.10. The zero-order valence-corrected chi connectivity index (χ0v) is 14.0. The van der Waals surface area contributed by atoms with Gasteiger partial charge in [0.2, 0.25) is 0 Å². The van der Waals surface area contributed by atoms with Gasteiger partial charge < -0.3 is 14.4 Å². The van der Waals surface area contributed by atoms with Gasteiger partial charge in [-0.25, -0.2) is 0 Å². The van der Waals surface area contributed by atoms with E-state index in [1.807, 2.05) is 18.2 Å². The molecule has 6 heteroatoms. The maximum atomic E-state index is 12.6. The van der Waals surface area contributed by atoms with Crippen molar-refractivity contribution in [3.05, 3.63) is 34.5 Å². The molecule has 120 valence electrons. The number of nitrogens with zero attached hydrogens (tertiary/aromatic N) is 1. The number of piperidine rings is 1. The summed E-state index contributed by atoms with van der Waals surface area (Å²) in [6, 6.07) is 7.40. The molecule has 1 aromatic heterocycles. The lowest BCUT2D eigenvalue weighted by Crippen LogP contribution is -2.39. The molecule has 0 radical (unpaired) electrons. The van der Waals surface area contributed by atoms with Gasteiger partial charge in [-0.05, 0) is 48.9 Å². The number of carbonyl (C=O) groups excluding carboxylic acids is 1. The van der Waals surface area contributed by atoms with Crippen molar-refractivity contribution in [1.29, 1.82) is 0 Å². The summed E-state index contributed by atoms with van der Waals surface area (Å²) in [5, 5.41) is 10.0. The number of carbonyl (C=O) groups is 2. The molecule has 1 aromatic carbocycles. The average Bonchev–Trinajstić information content (AvgIpc) is 3.06. The van der Waals surface area contributed by atoms with Crippen LogP contribution >= 0.6 is 15.9 Å². The Hall–Kier alpha value is -1.82. The van der Waals surface area contributed by atoms with Crippen LogP contribution in [-0.2, 0) is 4.79 Å². The highest BCUT2D eigenvalue weighted by Gasteiger charge is 2.59. The molecule has 1 amide bonds. The molecule has 1 atom stereocenters. The average molecular weight is 378 g/mol. The Kier molecular flexibility index (Phi) is 3.27. The number of hydrogen-bond acceptors (Lipinski definition) is 3. The second-order valence-electron chi connectivity index (χ2n) is 6.54. The fourth-order valence-electron chi connectivity index (χ4n) is 3.68. The molecule has 1 spiro atoms. The number of halogens is 1. The lowest BCUT2D eigenvalue weighted by atomic mass is 9.90. The van der Waals surface area contributed by atoms with E-state index in [1.165, 1.54) is 0 Å². The maximum absolute atomic E-state index is 12.6. The minimum absolute atomic E-state index is 0.0681. The lowest BCUT2D eigenvalue weighted by Gasteiger charge is -2.32. The number of carboxylic acids is 1. The van der Waals surface area contributed by atoms with Gasteiger partial charge in [0.05, 0.1) is 5.92 Å². The number of fused-ring (bicyclic) bond motifs is 1. The number of amides is 1. The van der Waals surface area contributed by atoms with Gasteiger partial charge in [-0.2, -0.15) is 0 Å². The monoisotopic (exact) mass is 377 g/mol. The summed E-state index contributed by atoms with van der Waals surface area (Å²) >= 11 is 3.41. The van der Waals surface area contributed by atoms with Gasteiger partial charge >= 0.3 is 5.97 Å². The molecular weight excluding hydrogens is 362 g/mol. The van der Waals surface area contributed by atoms with Crippen LogP contribution in [0.2, 0.25) is 0 Å². The minimum Gasteiger partial charge on any atom is -0.481 e. The zero-order chi connectivity index (χ0) is 16.2. The number of hydrogen-bond donors (Lipinski definition) is 1. The van der Waals surface area contributed by atoms with Crippen LogP contribution in [0.5, 0.6) is 0 Å². The molecule has 0 bridgehead atoms. The molecule has 1 aliphatic heterocycles. The molecular formula is C17H16BrNO4.